The van der Waals surface area contributed by atoms with E-state index in [1.807, 2.05) is 19.1 Å². The zero-order chi connectivity index (χ0) is 13.0. The first kappa shape index (κ1) is 12.6. The first-order chi connectivity index (χ1) is 8.66. The van der Waals surface area contributed by atoms with Crippen LogP contribution in [0.15, 0.2) is 48.8 Å². The Kier molecular flexibility index (Phi) is 3.95. The van der Waals surface area contributed by atoms with Gasteiger partial charge in [-0.1, -0.05) is 11.6 Å². The number of aromatic nitrogens is 1. The molecule has 3 nitrogen and oxygen atoms in total. The Morgan fingerprint density at radius 3 is 2.39 bits per heavy atom. The van der Waals surface area contributed by atoms with Crippen LogP contribution in [0.25, 0.3) is 0 Å². The molecule has 0 saturated carbocycles. The molecule has 18 heavy (non-hydrogen) atoms. The van der Waals surface area contributed by atoms with Gasteiger partial charge in [-0.05, 0) is 48.9 Å². The topological polar surface area (TPSA) is 42.0 Å². The van der Waals surface area contributed by atoms with Crippen molar-refractivity contribution in [3.05, 3.63) is 64.9 Å². The van der Waals surface area contributed by atoms with E-state index in [2.05, 4.69) is 10.3 Å². The van der Waals surface area contributed by atoms with Crippen LogP contribution in [0.3, 0.4) is 0 Å². The highest BCUT2D eigenvalue weighted by Crippen LogP contribution is 2.13. The molecule has 0 aliphatic heterocycles. The van der Waals surface area contributed by atoms with Crippen LogP contribution in [0, 0.1) is 0 Å². The molecule has 2 rings (SSSR count). The zero-order valence-corrected chi connectivity index (χ0v) is 10.7. The number of nitrogens with one attached hydrogen (secondary N) is 1. The number of carbonyl (C=O) groups excluding carboxylic acids is 1. The summed E-state index contributed by atoms with van der Waals surface area (Å²) in [5.41, 5.74) is 1.62. The number of pyridine rings is 1. The van der Waals surface area contributed by atoms with Crippen LogP contribution in [-0.2, 0) is 0 Å². The minimum absolute atomic E-state index is 0.0591. The van der Waals surface area contributed by atoms with Crippen molar-refractivity contribution in [2.24, 2.45) is 0 Å². The van der Waals surface area contributed by atoms with E-state index in [4.69, 9.17) is 11.6 Å². The number of benzene rings is 1. The maximum absolute atomic E-state index is 12.0. The van der Waals surface area contributed by atoms with Crippen LogP contribution in [0.1, 0.15) is 28.9 Å². The standard InChI is InChI=1S/C14H13ClN2O/c1-10(11-6-8-16-9-7-11)17-14(18)12-2-4-13(15)5-3-12/h2-10H,1H3,(H,17,18). The average Bonchev–Trinajstić information content (AvgIpc) is 2.40. The number of hydrogen-bond acceptors (Lipinski definition) is 2. The average molecular weight is 261 g/mol. The predicted octanol–water partition coefficient (Wildman–Crippen LogP) is 3.23. The van der Waals surface area contributed by atoms with Crippen LogP contribution < -0.4 is 5.32 Å². The highest BCUT2D eigenvalue weighted by atomic mass is 35.5. The van der Waals surface area contributed by atoms with Crippen molar-refractivity contribution < 1.29 is 4.79 Å². The smallest absolute Gasteiger partial charge is 0.251 e. The first-order valence-corrected chi connectivity index (χ1v) is 6.01. The number of halogens is 1. The maximum atomic E-state index is 12.0. The number of carbonyl (C=O) groups is 1. The van der Waals surface area contributed by atoms with Crippen LogP contribution >= 0.6 is 11.6 Å². The lowest BCUT2D eigenvalue weighted by Crippen LogP contribution is -2.26. The number of nitrogens with zero attached hydrogens (tertiary/aromatic N) is 1. The van der Waals surface area contributed by atoms with Crippen molar-refractivity contribution in [3.63, 3.8) is 0 Å². The molecule has 1 N–H and O–H groups in total. The van der Waals surface area contributed by atoms with Gasteiger partial charge >= 0.3 is 0 Å². The van der Waals surface area contributed by atoms with Crippen molar-refractivity contribution >= 4 is 17.5 Å². The van der Waals surface area contributed by atoms with E-state index in [1.165, 1.54) is 0 Å². The maximum Gasteiger partial charge on any atom is 0.251 e. The molecule has 1 unspecified atom stereocenters. The molecule has 1 aromatic heterocycles. The monoisotopic (exact) mass is 260 g/mol. The van der Waals surface area contributed by atoms with E-state index >= 15 is 0 Å². The van der Waals surface area contributed by atoms with Gasteiger partial charge < -0.3 is 5.32 Å². The van der Waals surface area contributed by atoms with Gasteiger partial charge in [-0.15, -0.1) is 0 Å². The molecule has 4 heteroatoms. The number of amides is 1. The van der Waals surface area contributed by atoms with E-state index in [0.717, 1.165) is 5.56 Å². The van der Waals surface area contributed by atoms with Crippen molar-refractivity contribution in [1.29, 1.82) is 0 Å². The Morgan fingerprint density at radius 1 is 1.17 bits per heavy atom. The van der Waals surface area contributed by atoms with Crippen LogP contribution in [0.2, 0.25) is 5.02 Å². The third kappa shape index (κ3) is 3.08. The molecule has 2 aromatic rings. The summed E-state index contributed by atoms with van der Waals surface area (Å²) in [5, 5.41) is 3.54. The second-order valence-electron chi connectivity index (χ2n) is 3.98. The highest BCUT2D eigenvalue weighted by Gasteiger charge is 2.10. The summed E-state index contributed by atoms with van der Waals surface area (Å²) < 4.78 is 0. The molecule has 1 aromatic carbocycles. The van der Waals surface area contributed by atoms with E-state index in [-0.39, 0.29) is 11.9 Å². The van der Waals surface area contributed by atoms with Gasteiger partial charge in [-0.2, -0.15) is 0 Å². The Morgan fingerprint density at radius 2 is 1.78 bits per heavy atom. The first-order valence-electron chi connectivity index (χ1n) is 5.63. The lowest BCUT2D eigenvalue weighted by Gasteiger charge is -2.14. The zero-order valence-electron chi connectivity index (χ0n) is 9.93. The quantitative estimate of drug-likeness (QED) is 0.921. The van der Waals surface area contributed by atoms with E-state index in [1.54, 1.807) is 36.7 Å². The van der Waals surface area contributed by atoms with E-state index in [0.29, 0.717) is 10.6 Å². The van der Waals surface area contributed by atoms with Crippen LogP contribution in [-0.4, -0.2) is 10.9 Å². The third-order valence-corrected chi connectivity index (χ3v) is 2.91. The van der Waals surface area contributed by atoms with Crippen molar-refractivity contribution in [2.45, 2.75) is 13.0 Å². The van der Waals surface area contributed by atoms with E-state index in [9.17, 15) is 4.79 Å². The Bertz CT molecular complexity index is 525. The highest BCUT2D eigenvalue weighted by molar-refractivity contribution is 6.30. The summed E-state index contributed by atoms with van der Waals surface area (Å²) in [5.74, 6) is -0.115. The molecule has 1 amide bonds. The molecule has 0 spiro atoms. The molecule has 92 valence electrons. The normalized spacial score (nSPS) is 11.9. The van der Waals surface area contributed by atoms with Gasteiger partial charge in [0.1, 0.15) is 0 Å². The largest absolute Gasteiger partial charge is 0.346 e. The minimum Gasteiger partial charge on any atom is -0.346 e. The fourth-order valence-electron chi connectivity index (χ4n) is 1.62. The molecular formula is C14H13ClN2O. The lowest BCUT2D eigenvalue weighted by atomic mass is 10.1. The molecular weight excluding hydrogens is 248 g/mol. The fraction of sp³-hybridized carbons (Fsp3) is 0.143. The Balaban J connectivity index is 2.06. The van der Waals surface area contributed by atoms with Gasteiger partial charge in [0.25, 0.3) is 5.91 Å². The number of hydrogen-bond donors (Lipinski definition) is 1. The predicted molar refractivity (Wildman–Crippen MR) is 71.6 cm³/mol. The lowest BCUT2D eigenvalue weighted by molar-refractivity contribution is 0.0940. The summed E-state index contributed by atoms with van der Waals surface area (Å²) in [7, 11) is 0. The van der Waals surface area contributed by atoms with Crippen molar-refractivity contribution in [2.75, 3.05) is 0 Å². The Hall–Kier alpha value is -1.87. The molecule has 0 fully saturated rings. The second-order valence-corrected chi connectivity index (χ2v) is 4.42. The second kappa shape index (κ2) is 5.65. The van der Waals surface area contributed by atoms with E-state index < -0.39 is 0 Å². The molecule has 0 aliphatic carbocycles. The molecule has 1 atom stereocenters. The van der Waals surface area contributed by atoms with Gasteiger partial charge in [-0.25, -0.2) is 0 Å². The summed E-state index contributed by atoms with van der Waals surface area (Å²) in [6.07, 6.45) is 3.42. The van der Waals surface area contributed by atoms with Gasteiger partial charge in [0.05, 0.1) is 6.04 Å². The van der Waals surface area contributed by atoms with Crippen molar-refractivity contribution in [3.8, 4) is 0 Å². The third-order valence-electron chi connectivity index (χ3n) is 2.66. The van der Waals surface area contributed by atoms with Gasteiger partial charge in [0.2, 0.25) is 0 Å². The Labute approximate surface area is 111 Å². The number of rotatable bonds is 3. The van der Waals surface area contributed by atoms with Gasteiger partial charge in [0, 0.05) is 23.0 Å². The SMILES string of the molecule is CC(NC(=O)c1ccc(Cl)cc1)c1ccncc1. The fourth-order valence-corrected chi connectivity index (χ4v) is 1.74. The minimum atomic E-state index is -0.115. The molecule has 0 radical (unpaired) electrons. The summed E-state index contributed by atoms with van der Waals surface area (Å²) in [4.78, 5) is 15.9. The molecule has 0 saturated heterocycles. The van der Waals surface area contributed by atoms with Gasteiger partial charge in [-0.3, -0.25) is 9.78 Å². The summed E-state index contributed by atoms with van der Waals surface area (Å²) in [6.45, 7) is 1.93. The molecule has 0 bridgehead atoms. The molecule has 1 heterocycles. The van der Waals surface area contributed by atoms with Crippen LogP contribution in [0.5, 0.6) is 0 Å². The summed E-state index contributed by atoms with van der Waals surface area (Å²) in [6, 6.07) is 10.5. The van der Waals surface area contributed by atoms with Crippen molar-refractivity contribution in [1.82, 2.24) is 10.3 Å². The van der Waals surface area contributed by atoms with Crippen LogP contribution in [0.4, 0.5) is 0 Å². The summed E-state index contributed by atoms with van der Waals surface area (Å²) >= 11 is 5.78. The molecule has 0 aliphatic rings. The van der Waals surface area contributed by atoms with Gasteiger partial charge in [0.15, 0.2) is 0 Å².